The van der Waals surface area contributed by atoms with Crippen LogP contribution in [0.2, 0.25) is 0 Å². The zero-order valence-electron chi connectivity index (χ0n) is 11.0. The first-order valence-corrected chi connectivity index (χ1v) is 6.30. The standard InChI is InChI=1S/C16H15N3O/c17-10-13-6-2-1-5-12(13)9-16(20)19-15-8-4-3-7-14(15)11-18/h1-8H,9-10,17H2,(H,19,20). The van der Waals surface area contributed by atoms with E-state index in [1.165, 1.54) is 0 Å². The number of rotatable bonds is 4. The van der Waals surface area contributed by atoms with Gasteiger partial charge >= 0.3 is 0 Å². The average Bonchev–Trinajstić information content (AvgIpc) is 2.48. The number of benzene rings is 2. The predicted molar refractivity (Wildman–Crippen MR) is 77.8 cm³/mol. The molecule has 0 aliphatic rings. The van der Waals surface area contributed by atoms with Crippen molar-refractivity contribution >= 4 is 11.6 Å². The minimum Gasteiger partial charge on any atom is -0.326 e. The van der Waals surface area contributed by atoms with Gasteiger partial charge in [-0.15, -0.1) is 0 Å². The Morgan fingerprint density at radius 1 is 1.10 bits per heavy atom. The molecule has 2 aromatic rings. The normalized spacial score (nSPS) is 9.80. The monoisotopic (exact) mass is 265 g/mol. The molecule has 100 valence electrons. The predicted octanol–water partition coefficient (Wildman–Crippen LogP) is 2.20. The molecule has 0 saturated carbocycles. The smallest absolute Gasteiger partial charge is 0.228 e. The summed E-state index contributed by atoms with van der Waals surface area (Å²) in [6.07, 6.45) is 0.243. The van der Waals surface area contributed by atoms with Gasteiger partial charge < -0.3 is 11.1 Å². The summed E-state index contributed by atoms with van der Waals surface area (Å²) < 4.78 is 0. The molecule has 3 N–H and O–H groups in total. The van der Waals surface area contributed by atoms with E-state index in [2.05, 4.69) is 11.4 Å². The molecule has 0 aliphatic carbocycles. The lowest BCUT2D eigenvalue weighted by Gasteiger charge is -2.09. The third kappa shape index (κ3) is 3.22. The molecule has 0 atom stereocenters. The van der Waals surface area contributed by atoms with Gasteiger partial charge in [0, 0.05) is 6.54 Å². The zero-order chi connectivity index (χ0) is 14.4. The fraction of sp³-hybridized carbons (Fsp3) is 0.125. The Labute approximate surface area is 117 Å². The van der Waals surface area contributed by atoms with Gasteiger partial charge in [-0.05, 0) is 23.3 Å². The first-order chi connectivity index (χ1) is 9.74. The van der Waals surface area contributed by atoms with Crippen LogP contribution in [0.1, 0.15) is 16.7 Å². The Morgan fingerprint density at radius 3 is 2.45 bits per heavy atom. The summed E-state index contributed by atoms with van der Waals surface area (Å²) in [5.41, 5.74) is 8.49. The summed E-state index contributed by atoms with van der Waals surface area (Å²) in [5, 5.41) is 11.7. The molecule has 1 amide bonds. The van der Waals surface area contributed by atoms with Gasteiger partial charge in [0.15, 0.2) is 0 Å². The van der Waals surface area contributed by atoms with E-state index in [0.29, 0.717) is 17.8 Å². The number of anilines is 1. The summed E-state index contributed by atoms with van der Waals surface area (Å²) in [7, 11) is 0. The molecule has 0 unspecified atom stereocenters. The van der Waals surface area contributed by atoms with E-state index < -0.39 is 0 Å². The van der Waals surface area contributed by atoms with Crippen LogP contribution in [0.5, 0.6) is 0 Å². The molecular weight excluding hydrogens is 250 g/mol. The lowest BCUT2D eigenvalue weighted by atomic mass is 10.0. The molecule has 0 saturated heterocycles. The van der Waals surface area contributed by atoms with Crippen LogP contribution < -0.4 is 11.1 Å². The van der Waals surface area contributed by atoms with Crippen LogP contribution >= 0.6 is 0 Å². The summed E-state index contributed by atoms with van der Waals surface area (Å²) in [6.45, 7) is 0.401. The van der Waals surface area contributed by atoms with E-state index >= 15 is 0 Å². The molecule has 2 rings (SSSR count). The van der Waals surface area contributed by atoms with Crippen molar-refractivity contribution < 1.29 is 4.79 Å². The number of hydrogen-bond acceptors (Lipinski definition) is 3. The van der Waals surface area contributed by atoms with Crippen molar-refractivity contribution in [2.24, 2.45) is 5.73 Å². The molecule has 0 aromatic heterocycles. The molecule has 0 aliphatic heterocycles. The minimum absolute atomic E-state index is 0.159. The molecule has 0 bridgehead atoms. The Balaban J connectivity index is 2.12. The number of nitrogens with zero attached hydrogens (tertiary/aromatic N) is 1. The van der Waals surface area contributed by atoms with Crippen molar-refractivity contribution in [2.75, 3.05) is 5.32 Å². The van der Waals surface area contributed by atoms with Crippen LogP contribution in [0.25, 0.3) is 0 Å². The summed E-state index contributed by atoms with van der Waals surface area (Å²) in [5.74, 6) is -0.159. The Kier molecular flexibility index (Phi) is 4.48. The van der Waals surface area contributed by atoms with Gasteiger partial charge in [-0.1, -0.05) is 36.4 Å². The number of para-hydroxylation sites is 1. The summed E-state index contributed by atoms with van der Waals surface area (Å²) in [6, 6.07) is 16.6. The van der Waals surface area contributed by atoms with Crippen molar-refractivity contribution in [3.8, 4) is 6.07 Å². The van der Waals surface area contributed by atoms with Crippen molar-refractivity contribution in [3.05, 3.63) is 65.2 Å². The third-order valence-corrected chi connectivity index (χ3v) is 3.01. The fourth-order valence-electron chi connectivity index (χ4n) is 1.99. The lowest BCUT2D eigenvalue weighted by Crippen LogP contribution is -2.16. The lowest BCUT2D eigenvalue weighted by molar-refractivity contribution is -0.115. The number of nitrogens with two attached hydrogens (primary N) is 1. The van der Waals surface area contributed by atoms with Gasteiger partial charge in [-0.3, -0.25) is 4.79 Å². The minimum atomic E-state index is -0.159. The van der Waals surface area contributed by atoms with Crippen molar-refractivity contribution in [3.63, 3.8) is 0 Å². The SMILES string of the molecule is N#Cc1ccccc1NC(=O)Cc1ccccc1CN. The highest BCUT2D eigenvalue weighted by atomic mass is 16.1. The second-order valence-corrected chi connectivity index (χ2v) is 4.36. The van der Waals surface area contributed by atoms with Crippen molar-refractivity contribution in [1.82, 2.24) is 0 Å². The second kappa shape index (κ2) is 6.50. The van der Waals surface area contributed by atoms with Crippen LogP contribution in [0, 0.1) is 11.3 Å². The largest absolute Gasteiger partial charge is 0.326 e. The average molecular weight is 265 g/mol. The van der Waals surface area contributed by atoms with Crippen LogP contribution in [0.3, 0.4) is 0 Å². The maximum atomic E-state index is 12.1. The number of hydrogen-bond donors (Lipinski definition) is 2. The molecule has 0 spiro atoms. The van der Waals surface area contributed by atoms with Crippen LogP contribution in [0.4, 0.5) is 5.69 Å². The summed E-state index contributed by atoms with van der Waals surface area (Å²) >= 11 is 0. The van der Waals surface area contributed by atoms with Gasteiger partial charge in [0.25, 0.3) is 0 Å². The Hall–Kier alpha value is -2.64. The van der Waals surface area contributed by atoms with E-state index in [1.54, 1.807) is 24.3 Å². The maximum Gasteiger partial charge on any atom is 0.228 e. The van der Waals surface area contributed by atoms with Gasteiger partial charge in [0.2, 0.25) is 5.91 Å². The van der Waals surface area contributed by atoms with E-state index in [-0.39, 0.29) is 12.3 Å². The number of carbonyl (C=O) groups is 1. The van der Waals surface area contributed by atoms with E-state index in [9.17, 15) is 4.79 Å². The second-order valence-electron chi connectivity index (χ2n) is 4.36. The highest BCUT2D eigenvalue weighted by Gasteiger charge is 2.09. The van der Waals surface area contributed by atoms with Gasteiger partial charge in [-0.2, -0.15) is 5.26 Å². The molecule has 4 nitrogen and oxygen atoms in total. The first kappa shape index (κ1) is 13.8. The molecule has 0 fully saturated rings. The van der Waals surface area contributed by atoms with Crippen molar-refractivity contribution in [1.29, 1.82) is 5.26 Å². The highest BCUT2D eigenvalue weighted by Crippen LogP contribution is 2.15. The quantitative estimate of drug-likeness (QED) is 0.889. The Morgan fingerprint density at radius 2 is 1.75 bits per heavy atom. The molecule has 2 aromatic carbocycles. The number of amides is 1. The van der Waals surface area contributed by atoms with Gasteiger partial charge in [-0.25, -0.2) is 0 Å². The highest BCUT2D eigenvalue weighted by molar-refractivity contribution is 5.93. The number of nitriles is 1. The third-order valence-electron chi connectivity index (χ3n) is 3.01. The van der Waals surface area contributed by atoms with Gasteiger partial charge in [0.1, 0.15) is 6.07 Å². The van der Waals surface area contributed by atoms with Crippen LogP contribution in [0.15, 0.2) is 48.5 Å². The van der Waals surface area contributed by atoms with Crippen molar-refractivity contribution in [2.45, 2.75) is 13.0 Å². The molecule has 20 heavy (non-hydrogen) atoms. The zero-order valence-corrected chi connectivity index (χ0v) is 11.0. The van der Waals surface area contributed by atoms with Crippen LogP contribution in [-0.2, 0) is 17.8 Å². The topological polar surface area (TPSA) is 78.9 Å². The molecule has 0 radical (unpaired) electrons. The van der Waals surface area contributed by atoms with E-state index in [4.69, 9.17) is 11.0 Å². The molecule has 0 heterocycles. The van der Waals surface area contributed by atoms with Crippen LogP contribution in [-0.4, -0.2) is 5.91 Å². The number of nitrogens with one attached hydrogen (secondary N) is 1. The first-order valence-electron chi connectivity index (χ1n) is 6.30. The molecular formula is C16H15N3O. The van der Waals surface area contributed by atoms with E-state index in [1.807, 2.05) is 24.3 Å². The van der Waals surface area contributed by atoms with E-state index in [0.717, 1.165) is 11.1 Å². The maximum absolute atomic E-state index is 12.1. The number of carbonyl (C=O) groups excluding carboxylic acids is 1. The molecule has 4 heteroatoms. The van der Waals surface area contributed by atoms with Gasteiger partial charge in [0.05, 0.1) is 17.7 Å². The fourth-order valence-corrected chi connectivity index (χ4v) is 1.99. The Bertz CT molecular complexity index is 659. The summed E-state index contributed by atoms with van der Waals surface area (Å²) in [4.78, 5) is 12.1.